The van der Waals surface area contributed by atoms with Crippen molar-refractivity contribution in [2.75, 3.05) is 6.61 Å². The topological polar surface area (TPSA) is 44.8 Å². The molecule has 0 amide bonds. The summed E-state index contributed by atoms with van der Waals surface area (Å²) >= 11 is 0. The molecule has 0 aromatic rings. The zero-order chi connectivity index (χ0) is 18.5. The molecule has 4 nitrogen and oxygen atoms in total. The lowest BCUT2D eigenvalue weighted by molar-refractivity contribution is -0.156. The van der Waals surface area contributed by atoms with E-state index < -0.39 is 8.32 Å². The first kappa shape index (κ1) is 21.4. The number of carbonyl (C=O) groups is 1. The smallest absolute Gasteiger partial charge is 0.308 e. The van der Waals surface area contributed by atoms with Crippen LogP contribution in [0.5, 0.6) is 0 Å². The molecule has 4 atom stereocenters. The van der Waals surface area contributed by atoms with Crippen LogP contribution >= 0.6 is 0 Å². The first-order valence-electron chi connectivity index (χ1n) is 9.07. The maximum atomic E-state index is 11.8. The molecule has 140 valence electrons. The minimum Gasteiger partial charge on any atom is -0.461 e. The van der Waals surface area contributed by atoms with Gasteiger partial charge in [0.15, 0.2) is 8.32 Å². The van der Waals surface area contributed by atoms with E-state index in [-0.39, 0.29) is 35.9 Å². The third kappa shape index (κ3) is 6.01. The predicted octanol–water partition coefficient (Wildman–Crippen LogP) is 4.70. The normalized spacial score (nSPS) is 26.7. The fourth-order valence-electron chi connectivity index (χ4n) is 2.87. The first-order valence-corrected chi connectivity index (χ1v) is 12.0. The van der Waals surface area contributed by atoms with Gasteiger partial charge >= 0.3 is 5.97 Å². The average Bonchev–Trinajstić information content (AvgIpc) is 2.45. The van der Waals surface area contributed by atoms with Gasteiger partial charge in [0.1, 0.15) is 6.61 Å². The van der Waals surface area contributed by atoms with Crippen LogP contribution in [0.1, 0.15) is 53.9 Å². The highest BCUT2D eigenvalue weighted by molar-refractivity contribution is 6.74. The summed E-state index contributed by atoms with van der Waals surface area (Å²) in [4.78, 5) is 11.8. The fraction of sp³-hybridized carbons (Fsp3) is 0.842. The Morgan fingerprint density at radius 2 is 2.00 bits per heavy atom. The molecule has 1 saturated heterocycles. The van der Waals surface area contributed by atoms with E-state index in [2.05, 4.69) is 54.3 Å². The molecule has 0 spiro atoms. The highest BCUT2D eigenvalue weighted by Crippen LogP contribution is 2.39. The van der Waals surface area contributed by atoms with Crippen LogP contribution in [0.25, 0.3) is 0 Å². The van der Waals surface area contributed by atoms with E-state index in [0.717, 1.165) is 12.8 Å². The largest absolute Gasteiger partial charge is 0.461 e. The summed E-state index contributed by atoms with van der Waals surface area (Å²) in [5.74, 6) is 0.219. The van der Waals surface area contributed by atoms with Gasteiger partial charge in [0, 0.05) is 0 Å². The summed E-state index contributed by atoms with van der Waals surface area (Å²) in [6.07, 6.45) is 3.83. The number of esters is 1. The van der Waals surface area contributed by atoms with Gasteiger partial charge in [-0.15, -0.1) is 0 Å². The van der Waals surface area contributed by atoms with Gasteiger partial charge in [-0.2, -0.15) is 0 Å². The zero-order valence-electron chi connectivity index (χ0n) is 16.6. The van der Waals surface area contributed by atoms with Crippen molar-refractivity contribution >= 4 is 14.3 Å². The first-order chi connectivity index (χ1) is 11.0. The van der Waals surface area contributed by atoms with E-state index in [1.165, 1.54) is 0 Å². The Balaban J connectivity index is 2.65. The molecule has 0 radical (unpaired) electrons. The highest BCUT2D eigenvalue weighted by Gasteiger charge is 2.42. The van der Waals surface area contributed by atoms with Crippen LogP contribution in [-0.2, 0) is 18.7 Å². The summed E-state index contributed by atoms with van der Waals surface area (Å²) in [6, 6.07) is 0. The third-order valence-corrected chi connectivity index (χ3v) is 9.93. The Bertz CT molecular complexity index is 428. The van der Waals surface area contributed by atoms with E-state index in [4.69, 9.17) is 13.9 Å². The van der Waals surface area contributed by atoms with Gasteiger partial charge in [0.2, 0.25) is 0 Å². The Morgan fingerprint density at radius 1 is 1.38 bits per heavy atom. The molecule has 0 unspecified atom stereocenters. The second-order valence-corrected chi connectivity index (χ2v) is 13.3. The van der Waals surface area contributed by atoms with Crippen molar-refractivity contribution in [3.05, 3.63) is 12.7 Å². The molecule has 5 heteroatoms. The average molecular weight is 357 g/mol. The monoisotopic (exact) mass is 356 g/mol. The molecule has 1 aliphatic rings. The van der Waals surface area contributed by atoms with Crippen LogP contribution in [0.3, 0.4) is 0 Å². The second-order valence-electron chi connectivity index (χ2n) is 8.54. The molecule has 1 heterocycles. The summed E-state index contributed by atoms with van der Waals surface area (Å²) in [5, 5.41) is 0.174. The van der Waals surface area contributed by atoms with Gasteiger partial charge in [-0.25, -0.2) is 0 Å². The minimum atomic E-state index is -1.84. The number of hydrogen-bond donors (Lipinski definition) is 0. The number of rotatable bonds is 7. The van der Waals surface area contributed by atoms with Crippen molar-refractivity contribution in [2.24, 2.45) is 5.92 Å². The van der Waals surface area contributed by atoms with Crippen LogP contribution in [-0.4, -0.2) is 39.2 Å². The molecule has 0 saturated carbocycles. The van der Waals surface area contributed by atoms with E-state index >= 15 is 0 Å². The molecule has 1 aliphatic heterocycles. The molecule has 24 heavy (non-hydrogen) atoms. The highest BCUT2D eigenvalue weighted by atomic mass is 28.4. The van der Waals surface area contributed by atoms with Crippen molar-refractivity contribution in [2.45, 2.75) is 90.3 Å². The maximum absolute atomic E-state index is 11.8. The number of carbonyl (C=O) groups excluding carboxylic acids is 1. The van der Waals surface area contributed by atoms with Crippen molar-refractivity contribution in [3.8, 4) is 0 Å². The third-order valence-electron chi connectivity index (χ3n) is 5.36. The molecule has 1 fully saturated rings. The van der Waals surface area contributed by atoms with Crippen LogP contribution < -0.4 is 0 Å². The standard InChI is InChI=1S/C19H36O4Si/c1-9-12-21-17(20)13-16-11-10-14(2)18(22-16)15(3)23-24(7,8)19(4,5)6/h9,14-16,18H,1,10-13H2,2-8H3/t14-,15-,16-,18-/m0/s1. The maximum Gasteiger partial charge on any atom is 0.308 e. The fourth-order valence-corrected chi connectivity index (χ4v) is 4.28. The zero-order valence-corrected chi connectivity index (χ0v) is 17.6. The minimum absolute atomic E-state index is 0.0325. The number of ether oxygens (including phenoxy) is 2. The molecular weight excluding hydrogens is 320 g/mol. The summed E-state index contributed by atoms with van der Waals surface area (Å²) in [5.41, 5.74) is 0. The Hall–Kier alpha value is -0.653. The van der Waals surface area contributed by atoms with E-state index in [0.29, 0.717) is 12.3 Å². The summed E-state index contributed by atoms with van der Waals surface area (Å²) in [6.45, 7) is 19.4. The predicted molar refractivity (Wildman–Crippen MR) is 101 cm³/mol. The van der Waals surface area contributed by atoms with Gasteiger partial charge < -0.3 is 13.9 Å². The van der Waals surface area contributed by atoms with Crippen molar-refractivity contribution < 1.29 is 18.7 Å². The van der Waals surface area contributed by atoms with E-state index in [1.807, 2.05) is 0 Å². The molecule has 0 aromatic heterocycles. The van der Waals surface area contributed by atoms with Gasteiger partial charge in [-0.3, -0.25) is 4.79 Å². The summed E-state index contributed by atoms with van der Waals surface area (Å²) < 4.78 is 17.8. The van der Waals surface area contributed by atoms with Gasteiger partial charge in [-0.05, 0) is 43.8 Å². The lowest BCUT2D eigenvalue weighted by atomic mass is 9.90. The van der Waals surface area contributed by atoms with Crippen molar-refractivity contribution in [3.63, 3.8) is 0 Å². The van der Waals surface area contributed by atoms with Gasteiger partial charge in [0.05, 0.1) is 24.7 Å². The lowest BCUT2D eigenvalue weighted by Crippen LogP contribution is -2.50. The van der Waals surface area contributed by atoms with Crippen LogP contribution in [0.15, 0.2) is 12.7 Å². The Kier molecular flexibility index (Phi) is 7.69. The molecule has 0 aliphatic carbocycles. The second kappa shape index (κ2) is 8.63. The van der Waals surface area contributed by atoms with Crippen LogP contribution in [0, 0.1) is 5.92 Å². The quantitative estimate of drug-likeness (QED) is 0.377. The van der Waals surface area contributed by atoms with Crippen molar-refractivity contribution in [1.29, 1.82) is 0 Å². The molecule has 0 bridgehead atoms. The SMILES string of the molecule is C=CCOC(=O)C[C@@H]1CC[C@H](C)[C@@H]([C@H](C)O[Si](C)(C)C(C)(C)C)O1. The Labute approximate surface area is 149 Å². The molecule has 0 N–H and O–H groups in total. The van der Waals surface area contributed by atoms with Crippen LogP contribution in [0.4, 0.5) is 0 Å². The molecule has 0 aromatic carbocycles. The van der Waals surface area contributed by atoms with Gasteiger partial charge in [-0.1, -0.05) is 40.3 Å². The van der Waals surface area contributed by atoms with E-state index in [9.17, 15) is 4.79 Å². The van der Waals surface area contributed by atoms with Crippen LogP contribution in [0.2, 0.25) is 18.1 Å². The van der Waals surface area contributed by atoms with E-state index in [1.54, 1.807) is 6.08 Å². The molecular formula is C19H36O4Si. The summed E-state index contributed by atoms with van der Waals surface area (Å²) in [7, 11) is -1.84. The lowest BCUT2D eigenvalue weighted by Gasteiger charge is -2.44. The molecule has 1 rings (SSSR count). The van der Waals surface area contributed by atoms with Crippen molar-refractivity contribution in [1.82, 2.24) is 0 Å². The number of hydrogen-bond acceptors (Lipinski definition) is 4. The van der Waals surface area contributed by atoms with Gasteiger partial charge in [0.25, 0.3) is 0 Å². The Morgan fingerprint density at radius 3 is 2.54 bits per heavy atom.